The van der Waals surface area contributed by atoms with Gasteiger partial charge in [0.1, 0.15) is 25.9 Å². The van der Waals surface area contributed by atoms with Crippen molar-refractivity contribution in [3.05, 3.63) is 12.1 Å². The van der Waals surface area contributed by atoms with Gasteiger partial charge in [-0.15, -0.1) is 0 Å². The van der Waals surface area contributed by atoms with Crippen LogP contribution in [0.15, 0.2) is 17.1 Å². The number of ether oxygens (including phenoxy) is 2. The molecule has 16 heavy (non-hydrogen) atoms. The first-order chi connectivity index (χ1) is 7.64. The van der Waals surface area contributed by atoms with Crippen molar-refractivity contribution in [2.75, 3.05) is 19.0 Å². The minimum Gasteiger partial charge on any atom is -0.494 e. The van der Waals surface area contributed by atoms with E-state index in [9.17, 15) is 0 Å². The predicted molar refractivity (Wildman–Crippen MR) is 63.5 cm³/mol. The van der Waals surface area contributed by atoms with Gasteiger partial charge < -0.3 is 14.8 Å². The van der Waals surface area contributed by atoms with Gasteiger partial charge in [0, 0.05) is 0 Å². The van der Waals surface area contributed by atoms with Crippen molar-refractivity contribution in [2.45, 2.75) is 12.6 Å². The number of hydrogen-bond acceptors (Lipinski definition) is 4. The molecule has 0 bridgehead atoms. The Bertz CT molecular complexity index is 495. The van der Waals surface area contributed by atoms with Crippen LogP contribution in [0.25, 0.3) is 0 Å². The summed E-state index contributed by atoms with van der Waals surface area (Å²) in [6.45, 7) is 2.59. The molecule has 80 valence electrons. The Morgan fingerprint density at radius 1 is 1.56 bits per heavy atom. The number of benzene rings is 1. The molecule has 2 aliphatic rings. The fraction of sp³-hybridized carbons (Fsp3) is 0.364. The van der Waals surface area contributed by atoms with Gasteiger partial charge in [-0.25, -0.2) is 4.99 Å². The van der Waals surface area contributed by atoms with Crippen LogP contribution in [-0.4, -0.2) is 33.0 Å². The Morgan fingerprint density at radius 3 is 2.94 bits per heavy atom. The monoisotopic (exact) mass is 214 g/mol. The van der Waals surface area contributed by atoms with Crippen molar-refractivity contribution in [1.82, 2.24) is 0 Å². The zero-order valence-electron chi connectivity index (χ0n) is 9.20. The summed E-state index contributed by atoms with van der Waals surface area (Å²) < 4.78 is 10.7. The smallest absolute Gasteiger partial charge is 0.202 e. The van der Waals surface area contributed by atoms with Gasteiger partial charge in [0.25, 0.3) is 0 Å². The van der Waals surface area contributed by atoms with Crippen LogP contribution >= 0.6 is 0 Å². The van der Waals surface area contributed by atoms with Gasteiger partial charge in [-0.2, -0.15) is 0 Å². The molecule has 2 heterocycles. The molecule has 1 atom stereocenters. The van der Waals surface area contributed by atoms with Crippen LogP contribution in [0.4, 0.5) is 11.4 Å². The van der Waals surface area contributed by atoms with Crippen molar-refractivity contribution in [1.29, 1.82) is 0 Å². The molecule has 1 saturated heterocycles. The number of rotatable bonds is 1. The van der Waals surface area contributed by atoms with Gasteiger partial charge in [-0.3, -0.25) is 0 Å². The van der Waals surface area contributed by atoms with E-state index in [0.717, 1.165) is 17.1 Å². The number of epoxide rings is 1. The molecule has 0 amide bonds. The van der Waals surface area contributed by atoms with Gasteiger partial charge >= 0.3 is 0 Å². The third kappa shape index (κ3) is 1.24. The molecule has 2 radical (unpaired) electrons. The SMILES string of the molecule is [B]c1cc2c(c(OC)c1)N=C(C)C1(CO1)N2. The predicted octanol–water partition coefficient (Wildman–Crippen LogP) is 0.733. The summed E-state index contributed by atoms with van der Waals surface area (Å²) in [6, 6.07) is 3.61. The van der Waals surface area contributed by atoms with E-state index in [4.69, 9.17) is 17.3 Å². The molecule has 2 aliphatic heterocycles. The van der Waals surface area contributed by atoms with Gasteiger partial charge in [0.2, 0.25) is 5.72 Å². The third-order valence-electron chi connectivity index (χ3n) is 2.95. The van der Waals surface area contributed by atoms with E-state index >= 15 is 0 Å². The molecule has 0 aromatic heterocycles. The highest BCUT2D eigenvalue weighted by atomic mass is 16.6. The van der Waals surface area contributed by atoms with Crippen LogP contribution in [0.5, 0.6) is 5.75 Å². The Hall–Kier alpha value is -1.49. The van der Waals surface area contributed by atoms with E-state index in [1.807, 2.05) is 13.0 Å². The maximum absolute atomic E-state index is 5.79. The lowest BCUT2D eigenvalue weighted by Gasteiger charge is -2.24. The zero-order chi connectivity index (χ0) is 11.3. The third-order valence-corrected chi connectivity index (χ3v) is 2.95. The second kappa shape index (κ2) is 3.01. The topological polar surface area (TPSA) is 46.1 Å². The summed E-state index contributed by atoms with van der Waals surface area (Å²) in [6.07, 6.45) is 0. The summed E-state index contributed by atoms with van der Waals surface area (Å²) in [4.78, 5) is 4.52. The quantitative estimate of drug-likeness (QED) is 0.553. The second-order valence-corrected chi connectivity index (χ2v) is 4.06. The van der Waals surface area contributed by atoms with Crippen LogP contribution in [0.1, 0.15) is 6.92 Å². The minimum absolute atomic E-state index is 0.397. The normalized spacial score (nSPS) is 25.8. The second-order valence-electron chi connectivity index (χ2n) is 4.06. The molecule has 4 nitrogen and oxygen atoms in total. The number of nitrogens with zero attached hydrogens (tertiary/aromatic N) is 1. The molecular formula is C11H11BN2O2. The highest BCUT2D eigenvalue weighted by Gasteiger charge is 2.50. The lowest BCUT2D eigenvalue weighted by molar-refractivity contribution is 0.388. The lowest BCUT2D eigenvalue weighted by Crippen LogP contribution is -2.34. The van der Waals surface area contributed by atoms with E-state index in [1.54, 1.807) is 13.2 Å². The Labute approximate surface area is 95.1 Å². The standard InChI is InChI=1S/C11H11BN2O2/c1-6-11(5-16-11)14-8-3-7(12)4-9(15-2)10(8)13-6/h3-4,14H,5H2,1-2H3. The summed E-state index contributed by atoms with van der Waals surface area (Å²) in [5.41, 5.74) is 2.82. The molecule has 5 heteroatoms. The molecule has 1 unspecified atom stereocenters. The van der Waals surface area contributed by atoms with E-state index < -0.39 is 5.72 Å². The molecule has 3 rings (SSSR count). The van der Waals surface area contributed by atoms with Crippen LogP contribution in [0, 0.1) is 0 Å². The number of fused-ring (bicyclic) bond motifs is 1. The fourth-order valence-corrected chi connectivity index (χ4v) is 1.91. The molecule has 1 fully saturated rings. The van der Waals surface area contributed by atoms with Crippen LogP contribution < -0.4 is 15.5 Å². The van der Waals surface area contributed by atoms with Crippen molar-refractivity contribution < 1.29 is 9.47 Å². The average Bonchev–Trinajstić information content (AvgIpc) is 3.01. The first-order valence-electron chi connectivity index (χ1n) is 5.10. The average molecular weight is 214 g/mol. The fourth-order valence-electron chi connectivity index (χ4n) is 1.91. The van der Waals surface area contributed by atoms with Gasteiger partial charge in [0.05, 0.1) is 18.5 Å². The van der Waals surface area contributed by atoms with Crippen molar-refractivity contribution in [3.63, 3.8) is 0 Å². The highest BCUT2D eigenvalue weighted by Crippen LogP contribution is 2.44. The van der Waals surface area contributed by atoms with E-state index in [-0.39, 0.29) is 0 Å². The molecular weight excluding hydrogens is 203 g/mol. The number of anilines is 1. The molecule has 1 N–H and O–H groups in total. The molecule has 1 spiro atoms. The van der Waals surface area contributed by atoms with Gasteiger partial charge in [-0.05, 0) is 19.1 Å². The minimum atomic E-state index is -0.397. The lowest BCUT2D eigenvalue weighted by atomic mass is 9.94. The van der Waals surface area contributed by atoms with Crippen LogP contribution in [0.2, 0.25) is 0 Å². The zero-order valence-corrected chi connectivity index (χ0v) is 9.20. The first kappa shape index (κ1) is 9.72. The Morgan fingerprint density at radius 2 is 2.31 bits per heavy atom. The Balaban J connectivity index is 2.17. The molecule has 1 aromatic rings. The largest absolute Gasteiger partial charge is 0.494 e. The molecule has 0 saturated carbocycles. The van der Waals surface area contributed by atoms with Crippen molar-refractivity contribution in [3.8, 4) is 5.75 Å². The maximum Gasteiger partial charge on any atom is 0.202 e. The van der Waals surface area contributed by atoms with E-state index in [1.165, 1.54) is 0 Å². The number of nitrogens with one attached hydrogen (secondary N) is 1. The number of methoxy groups -OCH3 is 1. The van der Waals surface area contributed by atoms with E-state index in [2.05, 4.69) is 10.3 Å². The van der Waals surface area contributed by atoms with Crippen LogP contribution in [-0.2, 0) is 4.74 Å². The summed E-state index contributed by atoms with van der Waals surface area (Å²) in [5, 5.41) is 3.30. The van der Waals surface area contributed by atoms with Crippen molar-refractivity contribution >= 4 is 30.4 Å². The first-order valence-corrected chi connectivity index (χ1v) is 5.10. The van der Waals surface area contributed by atoms with E-state index in [0.29, 0.717) is 17.8 Å². The van der Waals surface area contributed by atoms with Crippen LogP contribution in [0.3, 0.4) is 0 Å². The number of aliphatic imine (C=N–C) groups is 1. The number of hydrogen-bond donors (Lipinski definition) is 1. The van der Waals surface area contributed by atoms with Gasteiger partial charge in [-0.1, -0.05) is 5.46 Å². The summed E-state index contributed by atoms with van der Waals surface area (Å²) in [5.74, 6) is 0.678. The molecule has 0 aliphatic carbocycles. The summed E-state index contributed by atoms with van der Waals surface area (Å²) >= 11 is 0. The Kier molecular flexibility index (Phi) is 1.83. The molecule has 1 aromatic carbocycles. The van der Waals surface area contributed by atoms with Gasteiger partial charge in [0.15, 0.2) is 0 Å². The summed E-state index contributed by atoms with van der Waals surface area (Å²) in [7, 11) is 7.40. The maximum atomic E-state index is 5.79. The van der Waals surface area contributed by atoms with Crippen molar-refractivity contribution in [2.24, 2.45) is 4.99 Å². The highest BCUT2D eigenvalue weighted by molar-refractivity contribution is 6.33.